The van der Waals surface area contributed by atoms with Crippen molar-refractivity contribution in [2.45, 2.75) is 25.6 Å². The molecule has 0 radical (unpaired) electrons. The summed E-state index contributed by atoms with van der Waals surface area (Å²) in [5.74, 6) is 0. The number of nitrogens with zero attached hydrogens (tertiary/aromatic N) is 5. The zero-order valence-electron chi connectivity index (χ0n) is 9.15. The van der Waals surface area contributed by atoms with Gasteiger partial charge < -0.3 is 10.2 Å². The highest BCUT2D eigenvalue weighted by molar-refractivity contribution is 6.28. The Balaban J connectivity index is 2.73. The van der Waals surface area contributed by atoms with Crippen molar-refractivity contribution in [3.05, 3.63) is 33.2 Å². The molecule has 1 heterocycles. The van der Waals surface area contributed by atoms with Gasteiger partial charge in [-0.2, -0.15) is 0 Å². The van der Waals surface area contributed by atoms with Crippen molar-refractivity contribution in [3.63, 3.8) is 0 Å². The molecule has 7 nitrogen and oxygen atoms in total. The third-order valence-electron chi connectivity index (χ3n) is 2.26. The predicted molar refractivity (Wildman–Crippen MR) is 61.4 cm³/mol. The summed E-state index contributed by atoms with van der Waals surface area (Å²) in [7, 11) is 0. The average Bonchev–Trinajstić information content (AvgIpc) is 2.28. The van der Waals surface area contributed by atoms with Gasteiger partial charge in [-0.25, -0.2) is 9.97 Å². The number of aliphatic hydroxyl groups excluding tert-OH is 2. The van der Waals surface area contributed by atoms with Crippen LogP contribution in [0, 0.1) is 6.92 Å². The number of azide groups is 1. The van der Waals surface area contributed by atoms with E-state index in [0.717, 1.165) is 0 Å². The minimum absolute atomic E-state index is 0.0852. The molecular weight excluding hydrogens is 246 g/mol. The number of aryl methyl sites for hydroxylation is 1. The van der Waals surface area contributed by atoms with Gasteiger partial charge >= 0.3 is 0 Å². The van der Waals surface area contributed by atoms with E-state index in [1.165, 1.54) is 6.20 Å². The summed E-state index contributed by atoms with van der Waals surface area (Å²) in [5.41, 5.74) is 8.99. The summed E-state index contributed by atoms with van der Waals surface area (Å²) in [4.78, 5) is 10.2. The van der Waals surface area contributed by atoms with Crippen LogP contribution in [0.2, 0.25) is 5.28 Å². The van der Waals surface area contributed by atoms with E-state index in [2.05, 4.69) is 20.0 Å². The molecule has 17 heavy (non-hydrogen) atoms. The number of hydrogen-bond donors (Lipinski definition) is 2. The van der Waals surface area contributed by atoms with Crippen LogP contribution in [0.5, 0.6) is 0 Å². The normalized spacial score (nSPS) is 13.9. The van der Waals surface area contributed by atoms with E-state index in [9.17, 15) is 10.2 Å². The number of aromatic nitrogens is 2. The molecule has 1 aromatic rings. The van der Waals surface area contributed by atoms with Crippen molar-refractivity contribution in [3.8, 4) is 0 Å². The van der Waals surface area contributed by atoms with Crippen LogP contribution >= 0.6 is 11.6 Å². The lowest BCUT2D eigenvalue weighted by atomic mass is 10.0. The maximum Gasteiger partial charge on any atom is 0.222 e. The molecule has 2 atom stereocenters. The van der Waals surface area contributed by atoms with Gasteiger partial charge in [0.1, 0.15) is 6.10 Å². The van der Waals surface area contributed by atoms with Crippen LogP contribution in [0.15, 0.2) is 11.3 Å². The summed E-state index contributed by atoms with van der Waals surface area (Å²) >= 11 is 5.58. The molecule has 0 aliphatic carbocycles. The molecule has 0 saturated carbocycles. The van der Waals surface area contributed by atoms with Gasteiger partial charge in [-0.05, 0) is 30.5 Å². The SMILES string of the molecule is Cc1nc(Cl)ncc1C(O)C(O)CCN=[N+]=[N-]. The van der Waals surface area contributed by atoms with Crippen LogP contribution in [-0.2, 0) is 0 Å². The molecule has 0 aromatic carbocycles. The fourth-order valence-corrected chi connectivity index (χ4v) is 1.51. The van der Waals surface area contributed by atoms with Gasteiger partial charge in [-0.3, -0.25) is 0 Å². The van der Waals surface area contributed by atoms with E-state index >= 15 is 0 Å². The minimum atomic E-state index is -1.12. The van der Waals surface area contributed by atoms with Crippen molar-refractivity contribution in [1.82, 2.24) is 9.97 Å². The first-order chi connectivity index (χ1) is 8.06. The Hall–Kier alpha value is -1.40. The highest BCUT2D eigenvalue weighted by Crippen LogP contribution is 2.21. The molecule has 0 amide bonds. The minimum Gasteiger partial charge on any atom is -0.390 e. The summed E-state index contributed by atoms with van der Waals surface area (Å²) in [6.45, 7) is 1.77. The van der Waals surface area contributed by atoms with Gasteiger partial charge in [-0.1, -0.05) is 5.11 Å². The monoisotopic (exact) mass is 257 g/mol. The molecule has 1 rings (SSSR count). The van der Waals surface area contributed by atoms with Crippen molar-refractivity contribution in [2.75, 3.05) is 6.54 Å². The fraction of sp³-hybridized carbons (Fsp3) is 0.556. The molecule has 92 valence electrons. The van der Waals surface area contributed by atoms with E-state index in [1.54, 1.807) is 6.92 Å². The summed E-state index contributed by atoms with van der Waals surface area (Å²) < 4.78 is 0. The van der Waals surface area contributed by atoms with Crippen LogP contribution < -0.4 is 0 Å². The molecular formula is C9H12ClN5O2. The van der Waals surface area contributed by atoms with Crippen LogP contribution in [0.3, 0.4) is 0 Å². The molecule has 1 aromatic heterocycles. The smallest absolute Gasteiger partial charge is 0.222 e. The molecule has 2 N–H and O–H groups in total. The van der Waals surface area contributed by atoms with Crippen molar-refractivity contribution in [2.24, 2.45) is 5.11 Å². The van der Waals surface area contributed by atoms with Crippen LogP contribution in [0.4, 0.5) is 0 Å². The van der Waals surface area contributed by atoms with Gasteiger partial charge in [0, 0.05) is 28.9 Å². The highest BCUT2D eigenvalue weighted by Gasteiger charge is 2.20. The molecule has 8 heteroatoms. The van der Waals surface area contributed by atoms with Gasteiger partial charge in [0.15, 0.2) is 0 Å². The predicted octanol–water partition coefficient (Wildman–Crippen LogP) is 1.53. The summed E-state index contributed by atoms with van der Waals surface area (Å²) in [5, 5.41) is 22.9. The Morgan fingerprint density at radius 2 is 2.29 bits per heavy atom. The van der Waals surface area contributed by atoms with Crippen LogP contribution in [0.1, 0.15) is 23.8 Å². The first-order valence-electron chi connectivity index (χ1n) is 4.92. The molecule has 0 saturated heterocycles. The lowest BCUT2D eigenvalue weighted by molar-refractivity contribution is 0.0142. The Morgan fingerprint density at radius 1 is 1.59 bits per heavy atom. The third-order valence-corrected chi connectivity index (χ3v) is 2.44. The zero-order valence-corrected chi connectivity index (χ0v) is 9.91. The lowest BCUT2D eigenvalue weighted by Crippen LogP contribution is -2.20. The first-order valence-corrected chi connectivity index (χ1v) is 5.30. The van der Waals surface area contributed by atoms with Crippen LogP contribution in [0.25, 0.3) is 10.4 Å². The van der Waals surface area contributed by atoms with Gasteiger partial charge in [0.05, 0.1) is 6.10 Å². The number of hydrogen-bond acceptors (Lipinski definition) is 5. The van der Waals surface area contributed by atoms with E-state index in [0.29, 0.717) is 11.3 Å². The highest BCUT2D eigenvalue weighted by atomic mass is 35.5. The van der Waals surface area contributed by atoms with Gasteiger partial charge in [-0.15, -0.1) is 0 Å². The zero-order chi connectivity index (χ0) is 12.8. The van der Waals surface area contributed by atoms with Crippen LogP contribution in [-0.4, -0.2) is 32.8 Å². The van der Waals surface area contributed by atoms with E-state index in [4.69, 9.17) is 17.1 Å². The largest absolute Gasteiger partial charge is 0.390 e. The topological polar surface area (TPSA) is 115 Å². The van der Waals surface area contributed by atoms with Crippen molar-refractivity contribution < 1.29 is 10.2 Å². The molecule has 0 bridgehead atoms. The Bertz CT molecular complexity index is 435. The van der Waals surface area contributed by atoms with Gasteiger partial charge in [0.2, 0.25) is 5.28 Å². The third kappa shape index (κ3) is 3.83. The summed E-state index contributed by atoms with van der Waals surface area (Å²) in [6, 6.07) is 0. The second kappa shape index (κ2) is 6.36. The Kier molecular flexibility index (Phi) is 5.11. The average molecular weight is 258 g/mol. The van der Waals surface area contributed by atoms with E-state index in [-0.39, 0.29) is 18.2 Å². The fourth-order valence-electron chi connectivity index (χ4n) is 1.34. The van der Waals surface area contributed by atoms with Crippen molar-refractivity contribution in [1.29, 1.82) is 0 Å². The maximum absolute atomic E-state index is 9.85. The molecule has 0 fully saturated rings. The standard InChI is InChI=1S/C9H12ClN5O2/c1-5-6(4-12-9(10)14-5)8(17)7(16)2-3-13-15-11/h4,7-8,16-17H,2-3H2,1H3. The Labute approximate surface area is 103 Å². The van der Waals surface area contributed by atoms with Gasteiger partial charge in [0.25, 0.3) is 0 Å². The number of rotatable bonds is 5. The van der Waals surface area contributed by atoms with E-state index < -0.39 is 12.2 Å². The molecule has 2 unspecified atom stereocenters. The first kappa shape index (κ1) is 13.7. The Morgan fingerprint density at radius 3 is 2.88 bits per heavy atom. The second-order valence-electron chi connectivity index (χ2n) is 3.44. The van der Waals surface area contributed by atoms with E-state index in [1.807, 2.05) is 0 Å². The molecule has 0 spiro atoms. The second-order valence-corrected chi connectivity index (χ2v) is 3.77. The quantitative estimate of drug-likeness (QED) is 0.360. The lowest BCUT2D eigenvalue weighted by Gasteiger charge is -2.18. The summed E-state index contributed by atoms with van der Waals surface area (Å²) in [6.07, 6.45) is -0.635. The molecule has 0 aliphatic rings. The maximum atomic E-state index is 9.85. The number of halogens is 1. The van der Waals surface area contributed by atoms with Crippen molar-refractivity contribution >= 4 is 11.6 Å². The molecule has 0 aliphatic heterocycles. The number of aliphatic hydroxyl groups is 2.